The van der Waals surface area contributed by atoms with E-state index in [9.17, 15) is 4.55 Å². The molecule has 1 heterocycles. The average molecular weight is 229 g/mol. The fourth-order valence-electron chi connectivity index (χ4n) is 1.73. The molecule has 1 saturated heterocycles. The lowest BCUT2D eigenvalue weighted by Gasteiger charge is -2.26. The van der Waals surface area contributed by atoms with Crippen molar-refractivity contribution < 1.29 is 9.29 Å². The molecule has 0 aromatic heterocycles. The molecular formula is C11H19NO2S. The van der Waals surface area contributed by atoms with Gasteiger partial charge in [-0.1, -0.05) is 4.40 Å². The summed E-state index contributed by atoms with van der Waals surface area (Å²) in [6, 6.07) is 0. The van der Waals surface area contributed by atoms with Crippen LogP contribution in [0.4, 0.5) is 0 Å². The molecule has 0 radical (unpaired) electrons. The molecule has 1 spiro atoms. The maximum Gasteiger partial charge on any atom is 0.144 e. The molecule has 1 aliphatic heterocycles. The van der Waals surface area contributed by atoms with Gasteiger partial charge in [-0.2, -0.15) is 0 Å². The van der Waals surface area contributed by atoms with E-state index >= 15 is 0 Å². The second-order valence-corrected chi connectivity index (χ2v) is 7.25. The van der Waals surface area contributed by atoms with Crippen LogP contribution in [0.3, 0.4) is 0 Å². The van der Waals surface area contributed by atoms with E-state index in [2.05, 4.69) is 4.40 Å². The molecule has 1 aliphatic carbocycles. The Balaban J connectivity index is 2.11. The van der Waals surface area contributed by atoms with Crippen LogP contribution in [0, 0.1) is 0 Å². The summed E-state index contributed by atoms with van der Waals surface area (Å²) in [5.41, 5.74) is 0.945. The van der Waals surface area contributed by atoms with Crippen LogP contribution in [0.5, 0.6) is 0 Å². The Labute approximate surface area is 94.6 Å². The molecule has 2 fully saturated rings. The summed E-state index contributed by atoms with van der Waals surface area (Å²) in [6.45, 7) is 6.70. The van der Waals surface area contributed by atoms with Crippen molar-refractivity contribution >= 4 is 17.1 Å². The molecule has 15 heavy (non-hydrogen) atoms. The molecule has 0 N–H and O–H groups in total. The second-order valence-electron chi connectivity index (χ2n) is 5.35. The van der Waals surface area contributed by atoms with E-state index in [-0.39, 0.29) is 10.3 Å². The van der Waals surface area contributed by atoms with Crippen LogP contribution < -0.4 is 0 Å². The summed E-state index contributed by atoms with van der Waals surface area (Å²) in [6.07, 6.45) is 4.10. The molecule has 0 amide bonds. The highest BCUT2D eigenvalue weighted by molar-refractivity contribution is 7.91. The van der Waals surface area contributed by atoms with Crippen LogP contribution in [-0.2, 0) is 16.1 Å². The Hall–Kier alpha value is -0.0600. The molecule has 2 rings (SSSR count). The Morgan fingerprint density at radius 1 is 1.40 bits per heavy atom. The molecule has 0 aromatic rings. The SMILES string of the molecule is CC(C)(C)[S+]([O-])N=C1CCCOC12CC2. The largest absolute Gasteiger partial charge is 0.591 e. The molecule has 86 valence electrons. The molecule has 1 atom stereocenters. The van der Waals surface area contributed by atoms with Crippen LogP contribution in [0.25, 0.3) is 0 Å². The monoisotopic (exact) mass is 229 g/mol. The third-order valence-corrected chi connectivity index (χ3v) is 4.32. The van der Waals surface area contributed by atoms with Crippen molar-refractivity contribution in [3.05, 3.63) is 0 Å². The molecule has 1 saturated carbocycles. The summed E-state index contributed by atoms with van der Waals surface area (Å²) in [5.74, 6) is 0. The minimum atomic E-state index is -1.13. The van der Waals surface area contributed by atoms with Crippen molar-refractivity contribution in [2.75, 3.05) is 6.61 Å². The Bertz CT molecular complexity index is 279. The van der Waals surface area contributed by atoms with Gasteiger partial charge in [-0.15, -0.1) is 0 Å². The van der Waals surface area contributed by atoms with Crippen molar-refractivity contribution in [3.63, 3.8) is 0 Å². The first kappa shape index (κ1) is 11.4. The van der Waals surface area contributed by atoms with Crippen molar-refractivity contribution in [2.24, 2.45) is 4.40 Å². The quantitative estimate of drug-likeness (QED) is 0.647. The van der Waals surface area contributed by atoms with Crippen LogP contribution >= 0.6 is 0 Å². The molecule has 4 heteroatoms. The highest BCUT2D eigenvalue weighted by atomic mass is 32.2. The zero-order valence-corrected chi connectivity index (χ0v) is 10.5. The topological polar surface area (TPSA) is 44.7 Å². The van der Waals surface area contributed by atoms with Gasteiger partial charge in [0, 0.05) is 6.61 Å². The zero-order valence-electron chi connectivity index (χ0n) is 9.71. The molecular weight excluding hydrogens is 210 g/mol. The van der Waals surface area contributed by atoms with E-state index in [1.54, 1.807) is 0 Å². The Morgan fingerprint density at radius 3 is 2.60 bits per heavy atom. The number of rotatable bonds is 1. The number of hydrogen-bond donors (Lipinski definition) is 0. The van der Waals surface area contributed by atoms with Gasteiger partial charge < -0.3 is 9.29 Å². The molecule has 0 bridgehead atoms. The van der Waals surface area contributed by atoms with Crippen molar-refractivity contribution in [1.82, 2.24) is 0 Å². The maximum absolute atomic E-state index is 11.9. The Morgan fingerprint density at radius 2 is 2.07 bits per heavy atom. The lowest BCUT2D eigenvalue weighted by molar-refractivity contribution is 0.0639. The lowest BCUT2D eigenvalue weighted by Crippen LogP contribution is -2.35. The van der Waals surface area contributed by atoms with Crippen molar-refractivity contribution in [3.8, 4) is 0 Å². The van der Waals surface area contributed by atoms with Gasteiger partial charge in [-0.05, 0) is 46.5 Å². The normalized spacial score (nSPS) is 29.5. The summed E-state index contributed by atoms with van der Waals surface area (Å²) in [5, 5.41) is 0. The third-order valence-electron chi connectivity index (χ3n) is 2.88. The third kappa shape index (κ3) is 2.37. The van der Waals surface area contributed by atoms with Gasteiger partial charge in [0.25, 0.3) is 0 Å². The van der Waals surface area contributed by atoms with Gasteiger partial charge in [0.1, 0.15) is 27.4 Å². The summed E-state index contributed by atoms with van der Waals surface area (Å²) in [4.78, 5) is 0. The van der Waals surface area contributed by atoms with E-state index in [4.69, 9.17) is 4.74 Å². The smallest absolute Gasteiger partial charge is 0.144 e. The number of nitrogens with zero attached hydrogens (tertiary/aromatic N) is 1. The minimum Gasteiger partial charge on any atom is -0.591 e. The van der Waals surface area contributed by atoms with Crippen LogP contribution in [-0.4, -0.2) is 27.2 Å². The number of ether oxygens (including phenoxy) is 1. The Kier molecular flexibility index (Phi) is 2.86. The highest BCUT2D eigenvalue weighted by Gasteiger charge is 2.51. The van der Waals surface area contributed by atoms with Crippen LogP contribution in [0.15, 0.2) is 4.40 Å². The van der Waals surface area contributed by atoms with Crippen molar-refractivity contribution in [2.45, 2.75) is 56.8 Å². The predicted octanol–water partition coefficient (Wildman–Crippen LogP) is 2.23. The van der Waals surface area contributed by atoms with E-state index < -0.39 is 11.4 Å². The van der Waals surface area contributed by atoms with Gasteiger partial charge >= 0.3 is 0 Å². The second kappa shape index (κ2) is 3.75. The summed E-state index contributed by atoms with van der Waals surface area (Å²) >= 11 is -1.13. The first-order chi connectivity index (χ1) is 6.94. The van der Waals surface area contributed by atoms with Gasteiger partial charge in [0.15, 0.2) is 0 Å². The zero-order chi connectivity index (χ0) is 11.1. The fourth-order valence-corrected chi connectivity index (χ4v) is 2.46. The first-order valence-electron chi connectivity index (χ1n) is 5.58. The standard InChI is InChI=1S/C11H19NO2S/c1-10(2,3)15(13)12-9-5-4-8-14-11(9)6-7-11/h4-8H2,1-3H3. The lowest BCUT2D eigenvalue weighted by atomic mass is 10.1. The average Bonchev–Trinajstić information content (AvgIpc) is 2.89. The van der Waals surface area contributed by atoms with Crippen molar-refractivity contribution in [1.29, 1.82) is 0 Å². The molecule has 1 unspecified atom stereocenters. The predicted molar refractivity (Wildman–Crippen MR) is 62.5 cm³/mol. The van der Waals surface area contributed by atoms with Gasteiger partial charge in [-0.3, -0.25) is 0 Å². The van der Waals surface area contributed by atoms with Gasteiger partial charge in [-0.25, -0.2) is 0 Å². The molecule has 0 aromatic carbocycles. The van der Waals surface area contributed by atoms with Gasteiger partial charge in [0.2, 0.25) is 0 Å². The maximum atomic E-state index is 11.9. The van der Waals surface area contributed by atoms with E-state index in [1.807, 2.05) is 20.8 Å². The summed E-state index contributed by atoms with van der Waals surface area (Å²) in [7, 11) is 0. The van der Waals surface area contributed by atoms with E-state index in [1.165, 1.54) is 0 Å². The molecule has 3 nitrogen and oxygen atoms in total. The fraction of sp³-hybridized carbons (Fsp3) is 0.909. The first-order valence-corrected chi connectivity index (χ1v) is 6.69. The molecule has 2 aliphatic rings. The minimum absolute atomic E-state index is 0.0981. The summed E-state index contributed by atoms with van der Waals surface area (Å²) < 4.78 is 21.8. The van der Waals surface area contributed by atoms with Crippen LogP contribution in [0.2, 0.25) is 0 Å². The van der Waals surface area contributed by atoms with Crippen LogP contribution in [0.1, 0.15) is 46.5 Å². The van der Waals surface area contributed by atoms with Gasteiger partial charge in [0.05, 0.1) is 0 Å². The van der Waals surface area contributed by atoms with E-state index in [0.29, 0.717) is 0 Å². The number of hydrogen-bond acceptors (Lipinski definition) is 3. The highest BCUT2D eigenvalue weighted by Crippen LogP contribution is 2.45. The van der Waals surface area contributed by atoms with E-state index in [0.717, 1.165) is 38.0 Å².